The van der Waals surface area contributed by atoms with Crippen LogP contribution in [-0.2, 0) is 4.79 Å². The Morgan fingerprint density at radius 3 is 3.10 bits per heavy atom. The van der Waals surface area contributed by atoms with Gasteiger partial charge in [-0.1, -0.05) is 0 Å². The van der Waals surface area contributed by atoms with Crippen LogP contribution in [0.2, 0.25) is 0 Å². The van der Waals surface area contributed by atoms with Crippen molar-refractivity contribution in [1.29, 1.82) is 0 Å². The third kappa shape index (κ3) is 1.82. The Hall–Kier alpha value is -0.345. The van der Waals surface area contributed by atoms with E-state index in [-0.39, 0.29) is 6.61 Å². The second-order valence-corrected chi connectivity index (χ2v) is 2.76. The Kier molecular flexibility index (Phi) is 2.90. The highest BCUT2D eigenvalue weighted by atomic mass is 16.3. The lowest BCUT2D eigenvalue weighted by Gasteiger charge is -2.09. The molecular formula is C6H12BNO2. The molecule has 1 fully saturated rings. The maximum absolute atomic E-state index is 10.1. The number of rotatable bonds is 3. The Labute approximate surface area is 61.3 Å². The summed E-state index contributed by atoms with van der Waals surface area (Å²) in [5.74, 6) is 0.403. The first kappa shape index (κ1) is 7.76. The quantitative estimate of drug-likeness (QED) is 0.398. The van der Waals surface area contributed by atoms with Crippen molar-refractivity contribution in [3.63, 3.8) is 0 Å². The topological polar surface area (TPSA) is 40.5 Å². The summed E-state index contributed by atoms with van der Waals surface area (Å²) in [5, 5.41) is 8.74. The number of aliphatic hydroxyl groups is 1. The normalized spacial score (nSPS) is 26.7. The number of carbonyl (C=O) groups excluding carboxylic acids is 1. The first-order chi connectivity index (χ1) is 4.86. The highest BCUT2D eigenvalue weighted by Crippen LogP contribution is 2.12. The van der Waals surface area contributed by atoms with Crippen LogP contribution in [0.25, 0.3) is 0 Å². The summed E-state index contributed by atoms with van der Waals surface area (Å²) >= 11 is 0. The monoisotopic (exact) mass is 141 g/mol. The molecule has 0 amide bonds. The molecule has 3 nitrogen and oxygen atoms in total. The molecule has 0 aromatic heterocycles. The van der Waals surface area contributed by atoms with Crippen molar-refractivity contribution >= 4 is 13.6 Å². The predicted molar refractivity (Wildman–Crippen MR) is 40.7 cm³/mol. The van der Waals surface area contributed by atoms with Crippen molar-refractivity contribution in [2.24, 2.45) is 5.92 Å². The molecule has 0 aromatic rings. The lowest BCUT2D eigenvalue weighted by Crippen LogP contribution is -2.26. The summed E-state index contributed by atoms with van der Waals surface area (Å²) in [6.07, 6.45) is 1.95. The molecule has 1 aliphatic heterocycles. The first-order valence-corrected chi connectivity index (χ1v) is 3.63. The molecule has 1 atom stereocenters. The van der Waals surface area contributed by atoms with Crippen LogP contribution in [0.3, 0.4) is 0 Å². The molecule has 10 heavy (non-hydrogen) atoms. The summed E-state index contributed by atoms with van der Waals surface area (Å²) < 4.78 is 0. The van der Waals surface area contributed by atoms with Crippen molar-refractivity contribution in [3.05, 3.63) is 0 Å². The second kappa shape index (κ2) is 3.73. The first-order valence-electron chi connectivity index (χ1n) is 3.63. The minimum Gasteiger partial charge on any atom is -0.396 e. The minimum atomic E-state index is 0.259. The molecule has 1 unspecified atom stereocenters. The number of hydrogen-bond donors (Lipinski definition) is 1. The molecule has 0 radical (unpaired) electrons. The van der Waals surface area contributed by atoms with Crippen LogP contribution in [0.15, 0.2) is 0 Å². The summed E-state index contributed by atoms with van der Waals surface area (Å²) in [5.41, 5.74) is 0. The van der Waals surface area contributed by atoms with E-state index in [1.807, 2.05) is 0 Å². The van der Waals surface area contributed by atoms with E-state index in [2.05, 4.69) is 4.81 Å². The summed E-state index contributed by atoms with van der Waals surface area (Å²) in [4.78, 5) is 12.1. The zero-order chi connectivity index (χ0) is 7.40. The van der Waals surface area contributed by atoms with E-state index in [1.165, 1.54) is 0 Å². The number of hydrogen-bond acceptors (Lipinski definition) is 3. The Morgan fingerprint density at radius 1 is 1.80 bits per heavy atom. The molecule has 1 rings (SSSR count). The van der Waals surface area contributed by atoms with Gasteiger partial charge in [0.1, 0.15) is 0 Å². The summed E-state index contributed by atoms with van der Waals surface area (Å²) in [6, 6.07) is 0. The fraction of sp³-hybridized carbons (Fsp3) is 0.833. The molecule has 56 valence electrons. The van der Waals surface area contributed by atoms with Crippen molar-refractivity contribution in [3.8, 4) is 0 Å². The second-order valence-electron chi connectivity index (χ2n) is 2.76. The Bertz CT molecular complexity index is 120. The van der Waals surface area contributed by atoms with Crippen LogP contribution in [0.1, 0.15) is 6.42 Å². The van der Waals surface area contributed by atoms with Gasteiger partial charge in [-0.15, -0.1) is 0 Å². The smallest absolute Gasteiger partial charge is 0.281 e. The molecule has 1 saturated heterocycles. The lowest BCUT2D eigenvalue weighted by molar-refractivity contribution is 0.233. The lowest BCUT2D eigenvalue weighted by atomic mass is 9.96. The van der Waals surface area contributed by atoms with Gasteiger partial charge >= 0.3 is 0 Å². The van der Waals surface area contributed by atoms with E-state index in [9.17, 15) is 4.79 Å². The van der Waals surface area contributed by atoms with E-state index in [0.29, 0.717) is 13.3 Å². The highest BCUT2D eigenvalue weighted by molar-refractivity contribution is 6.64. The third-order valence-corrected chi connectivity index (χ3v) is 1.96. The van der Waals surface area contributed by atoms with E-state index in [4.69, 9.17) is 5.11 Å². The van der Waals surface area contributed by atoms with Gasteiger partial charge in [0.05, 0.1) is 6.19 Å². The van der Waals surface area contributed by atoms with Crippen molar-refractivity contribution < 1.29 is 9.90 Å². The van der Waals surface area contributed by atoms with Crippen LogP contribution < -0.4 is 0 Å². The van der Waals surface area contributed by atoms with Crippen LogP contribution in [0.4, 0.5) is 0 Å². The molecular weight excluding hydrogens is 129 g/mol. The van der Waals surface area contributed by atoms with E-state index < -0.39 is 0 Å². The van der Waals surface area contributed by atoms with Gasteiger partial charge in [0.25, 0.3) is 7.41 Å². The number of carbonyl (C=O) groups is 1. The Morgan fingerprint density at radius 2 is 2.60 bits per heavy atom. The van der Waals surface area contributed by atoms with Gasteiger partial charge < -0.3 is 14.7 Å². The molecule has 0 bridgehead atoms. The standard InChI is InChI=1S/C6H12BNO2/c9-4-6-1-2-8(3-6)7-5-10/h5-7,9H,1-4H2. The van der Waals surface area contributed by atoms with Crippen LogP contribution in [0, 0.1) is 5.92 Å². The SMILES string of the molecule is O=CBN1CCC(CO)C1. The average Bonchev–Trinajstić information content (AvgIpc) is 2.37. The molecule has 0 aliphatic carbocycles. The van der Waals surface area contributed by atoms with Gasteiger partial charge in [-0.25, -0.2) is 0 Å². The van der Waals surface area contributed by atoms with E-state index in [1.54, 1.807) is 0 Å². The van der Waals surface area contributed by atoms with Crippen molar-refractivity contribution in [2.45, 2.75) is 6.42 Å². The summed E-state index contributed by atoms with van der Waals surface area (Å²) in [7, 11) is 0.524. The van der Waals surface area contributed by atoms with Crippen molar-refractivity contribution in [2.75, 3.05) is 19.7 Å². The molecule has 1 aliphatic rings. The molecule has 1 N–H and O–H groups in total. The van der Waals surface area contributed by atoms with Gasteiger partial charge in [-0.05, 0) is 25.4 Å². The van der Waals surface area contributed by atoms with Crippen molar-refractivity contribution in [1.82, 2.24) is 4.81 Å². The highest BCUT2D eigenvalue weighted by Gasteiger charge is 2.20. The van der Waals surface area contributed by atoms with Crippen LogP contribution in [0.5, 0.6) is 0 Å². The maximum Gasteiger partial charge on any atom is 0.281 e. The molecule has 0 saturated carbocycles. The largest absolute Gasteiger partial charge is 0.396 e. The molecule has 0 aromatic carbocycles. The van der Waals surface area contributed by atoms with E-state index in [0.717, 1.165) is 25.7 Å². The predicted octanol–water partition coefficient (Wildman–Crippen LogP) is -1.16. The minimum absolute atomic E-state index is 0.259. The van der Waals surface area contributed by atoms with Gasteiger partial charge in [0.15, 0.2) is 0 Å². The third-order valence-electron chi connectivity index (χ3n) is 1.96. The zero-order valence-corrected chi connectivity index (χ0v) is 5.99. The fourth-order valence-corrected chi connectivity index (χ4v) is 1.33. The fourth-order valence-electron chi connectivity index (χ4n) is 1.33. The molecule has 0 spiro atoms. The maximum atomic E-state index is 10.1. The zero-order valence-electron chi connectivity index (χ0n) is 5.99. The Balaban J connectivity index is 2.21. The number of aliphatic hydroxyl groups excluding tert-OH is 1. The molecule has 4 heteroatoms. The van der Waals surface area contributed by atoms with E-state index >= 15 is 0 Å². The van der Waals surface area contributed by atoms with Gasteiger partial charge in [-0.2, -0.15) is 0 Å². The molecule has 1 heterocycles. The van der Waals surface area contributed by atoms with Gasteiger partial charge in [0, 0.05) is 6.61 Å². The summed E-state index contributed by atoms with van der Waals surface area (Å²) in [6.45, 7) is 2.11. The van der Waals surface area contributed by atoms with Crippen LogP contribution >= 0.6 is 0 Å². The average molecular weight is 141 g/mol. The van der Waals surface area contributed by atoms with Gasteiger partial charge in [-0.3, -0.25) is 0 Å². The van der Waals surface area contributed by atoms with Gasteiger partial charge in [0.2, 0.25) is 0 Å². The number of nitrogens with zero attached hydrogens (tertiary/aromatic N) is 1. The van der Waals surface area contributed by atoms with Crippen LogP contribution in [-0.4, -0.2) is 43.2 Å².